The van der Waals surface area contributed by atoms with Crippen LogP contribution in [0.1, 0.15) is 20.3 Å². The molecule has 0 rings (SSSR count). The van der Waals surface area contributed by atoms with Crippen molar-refractivity contribution in [1.82, 2.24) is 0 Å². The summed E-state index contributed by atoms with van der Waals surface area (Å²) >= 11 is 0. The quantitative estimate of drug-likeness (QED) is 0.471. The second-order valence-corrected chi connectivity index (χ2v) is 3.54. The van der Waals surface area contributed by atoms with Crippen molar-refractivity contribution >= 4 is 16.3 Å². The Bertz CT molecular complexity index is 135. The summed E-state index contributed by atoms with van der Waals surface area (Å²) in [5.74, 6) is 0.146. The Hall–Kier alpha value is 0.0549. The lowest BCUT2D eigenvalue weighted by molar-refractivity contribution is -0.0558. The van der Waals surface area contributed by atoms with Crippen molar-refractivity contribution < 1.29 is 13.7 Å². The number of hydrogen-bond acceptors (Lipinski definition) is 2. The zero-order valence-corrected chi connectivity index (χ0v) is 8.68. The molecule has 2 nitrogen and oxygen atoms in total. The van der Waals surface area contributed by atoms with Crippen LogP contribution in [0.2, 0.25) is 0 Å². The van der Waals surface area contributed by atoms with Crippen molar-refractivity contribution in [2.45, 2.75) is 32.6 Å². The van der Waals surface area contributed by atoms with Crippen LogP contribution >= 0.6 is 8.46 Å². The summed E-state index contributed by atoms with van der Waals surface area (Å²) in [5, 5.41) is 0. The van der Waals surface area contributed by atoms with Crippen molar-refractivity contribution in [3.05, 3.63) is 0 Å². The van der Waals surface area contributed by atoms with Crippen molar-refractivity contribution in [2.24, 2.45) is 5.92 Å². The van der Waals surface area contributed by atoms with Crippen molar-refractivity contribution in [3.63, 3.8) is 0 Å². The minimum atomic E-state index is -1.24. The van der Waals surface area contributed by atoms with Crippen LogP contribution < -0.4 is 0 Å². The largest absolute Gasteiger partial charge is 0.353 e. The van der Waals surface area contributed by atoms with E-state index in [1.807, 2.05) is 13.8 Å². The molecule has 0 radical (unpaired) electrons. The van der Waals surface area contributed by atoms with Gasteiger partial charge in [0.1, 0.15) is 0 Å². The molecule has 0 amide bonds. The summed E-state index contributed by atoms with van der Waals surface area (Å²) in [6.07, 6.45) is -0.0666. The maximum atomic E-state index is 12.4. The average Bonchev–Trinajstić information content (AvgIpc) is 2.00. The molecule has 0 N–H and O–H groups in total. The van der Waals surface area contributed by atoms with E-state index in [-0.39, 0.29) is 20.5 Å². The fraction of sp³-hybridized carbons (Fsp3) is 1.00. The van der Waals surface area contributed by atoms with Gasteiger partial charge in [-0.05, 0) is 12.3 Å². The molecule has 3 unspecified atom stereocenters. The van der Waals surface area contributed by atoms with Gasteiger partial charge in [0.15, 0.2) is 22.6 Å². The van der Waals surface area contributed by atoms with Crippen LogP contribution in [0, 0.1) is 5.92 Å². The Morgan fingerprint density at radius 1 is 1.67 bits per heavy atom. The number of hydrogen-bond donors (Lipinski definition) is 0. The monoisotopic (exact) mass is 192 g/mol. The highest BCUT2D eigenvalue weighted by Gasteiger charge is 2.18. The maximum absolute atomic E-state index is 12.4. The topological polar surface area (TPSA) is 26.3 Å². The molecule has 0 heterocycles. The average molecular weight is 192 g/mol. The molecule has 0 aromatic rings. The van der Waals surface area contributed by atoms with Crippen molar-refractivity contribution in [2.75, 3.05) is 6.16 Å². The van der Waals surface area contributed by atoms with E-state index < -0.39 is 6.26 Å². The van der Waals surface area contributed by atoms with E-state index in [1.54, 1.807) is 0 Å². The molecule has 0 saturated heterocycles. The third-order valence-electron chi connectivity index (χ3n) is 1.76. The number of halogens is 1. The lowest BCUT2D eigenvalue weighted by Gasteiger charge is -2.21. The Balaban J connectivity index is 3.86. The Morgan fingerprint density at radius 3 is 2.58 bits per heavy atom. The Morgan fingerprint density at radius 2 is 2.25 bits per heavy atom. The lowest BCUT2D eigenvalue weighted by Crippen LogP contribution is -2.26. The van der Waals surface area contributed by atoms with Gasteiger partial charge in [0.05, 0.1) is 6.10 Å². The first-order valence-electron chi connectivity index (χ1n) is 4.20. The minimum absolute atomic E-state index is 0.103. The van der Waals surface area contributed by atoms with Crippen LogP contribution in [-0.4, -0.2) is 26.4 Å². The van der Waals surface area contributed by atoms with E-state index in [2.05, 4.69) is 0 Å². The highest BCUT2D eigenvalue weighted by molar-refractivity contribution is 7.23. The summed E-state index contributed by atoms with van der Waals surface area (Å²) in [4.78, 5) is 0. The van der Waals surface area contributed by atoms with Crippen molar-refractivity contribution in [1.29, 1.82) is 0 Å². The third-order valence-corrected chi connectivity index (χ3v) is 2.49. The van der Waals surface area contributed by atoms with Crippen LogP contribution in [0.5, 0.6) is 0 Å². The second-order valence-electron chi connectivity index (χ2n) is 2.91. The van der Waals surface area contributed by atoms with Gasteiger partial charge in [-0.15, -0.1) is 0 Å². The fourth-order valence-corrected chi connectivity index (χ4v) is 1.58. The molecule has 5 heteroatoms. The van der Waals surface area contributed by atoms with Gasteiger partial charge in [0, 0.05) is 6.16 Å². The summed E-state index contributed by atoms with van der Waals surface area (Å²) in [5.41, 5.74) is 0. The first-order chi connectivity index (χ1) is 5.61. The highest BCUT2D eigenvalue weighted by Crippen LogP contribution is 2.16. The smallest absolute Gasteiger partial charge is 0.181 e. The van der Waals surface area contributed by atoms with E-state index in [0.29, 0.717) is 6.16 Å². The van der Waals surface area contributed by atoms with Crippen LogP contribution in [0.4, 0.5) is 4.39 Å². The predicted octanol–water partition coefficient (Wildman–Crippen LogP) is 1.60. The van der Waals surface area contributed by atoms with Gasteiger partial charge in [0.2, 0.25) is 0 Å². The minimum Gasteiger partial charge on any atom is -0.353 e. The molecule has 0 spiro atoms. The Labute approximate surface area is 75.5 Å². The lowest BCUT2D eigenvalue weighted by atomic mass is 10.0. The standard InChI is InChI=1S/C7H15BFO2P/c1-3-6(11-7(8)9)5(2)4-12-10/h5-7H,3-4,8H2,1-2H3. The molecule has 0 bridgehead atoms. The van der Waals surface area contributed by atoms with Crippen LogP contribution in [-0.2, 0) is 9.30 Å². The zero-order chi connectivity index (χ0) is 9.56. The number of ether oxygens (including phenoxy) is 1. The third kappa shape index (κ3) is 4.84. The molecule has 0 aromatic heterocycles. The molecule has 70 valence electrons. The number of rotatable bonds is 6. The van der Waals surface area contributed by atoms with E-state index in [4.69, 9.17) is 4.74 Å². The molecule has 0 aliphatic rings. The summed E-state index contributed by atoms with van der Waals surface area (Å²) in [6, 6.07) is 0. The predicted molar refractivity (Wildman–Crippen MR) is 50.2 cm³/mol. The summed E-state index contributed by atoms with van der Waals surface area (Å²) in [7, 11) is 1.47. The summed E-state index contributed by atoms with van der Waals surface area (Å²) < 4.78 is 27.7. The van der Waals surface area contributed by atoms with E-state index in [1.165, 1.54) is 7.85 Å². The van der Waals surface area contributed by atoms with Gasteiger partial charge >= 0.3 is 0 Å². The van der Waals surface area contributed by atoms with Crippen LogP contribution in [0.3, 0.4) is 0 Å². The molecule has 0 saturated carbocycles. The molecule has 3 atom stereocenters. The summed E-state index contributed by atoms with van der Waals surface area (Å²) in [6.45, 7) is 3.85. The normalized spacial score (nSPS) is 18.9. The van der Waals surface area contributed by atoms with E-state index >= 15 is 0 Å². The van der Waals surface area contributed by atoms with Crippen molar-refractivity contribution in [3.8, 4) is 0 Å². The SMILES string of the molecule is BC(F)OC(CC)C(C)CP=O. The van der Waals surface area contributed by atoms with Crippen LogP contribution in [0.25, 0.3) is 0 Å². The van der Waals surface area contributed by atoms with Gasteiger partial charge in [0.25, 0.3) is 0 Å². The fourth-order valence-electron chi connectivity index (χ4n) is 1.11. The van der Waals surface area contributed by atoms with Gasteiger partial charge in [-0.2, -0.15) is 0 Å². The highest BCUT2D eigenvalue weighted by atomic mass is 31.1. The maximum Gasteiger partial charge on any atom is 0.181 e. The molecule has 12 heavy (non-hydrogen) atoms. The molecule has 0 fully saturated rings. The Kier molecular flexibility index (Phi) is 6.59. The van der Waals surface area contributed by atoms with Gasteiger partial charge in [-0.25, -0.2) is 4.39 Å². The van der Waals surface area contributed by atoms with Gasteiger partial charge in [-0.3, -0.25) is 4.57 Å². The molecule has 0 aromatic carbocycles. The first kappa shape index (κ1) is 12.1. The van der Waals surface area contributed by atoms with E-state index in [9.17, 15) is 8.96 Å². The second kappa shape index (κ2) is 6.56. The van der Waals surface area contributed by atoms with Gasteiger partial charge < -0.3 is 4.74 Å². The van der Waals surface area contributed by atoms with Crippen LogP contribution in [0.15, 0.2) is 0 Å². The molecule has 0 aliphatic carbocycles. The molecular formula is C7H15BFO2P. The molecular weight excluding hydrogens is 177 g/mol. The number of alkyl halides is 1. The van der Waals surface area contributed by atoms with E-state index in [0.717, 1.165) is 6.42 Å². The van der Waals surface area contributed by atoms with Gasteiger partial charge in [-0.1, -0.05) is 13.8 Å². The zero-order valence-electron chi connectivity index (χ0n) is 7.79. The first-order valence-corrected chi connectivity index (χ1v) is 5.20. The molecule has 0 aliphatic heterocycles.